The molecule has 0 bridgehead atoms. The molecule has 2 rings (SSSR count). The maximum absolute atomic E-state index is 12.7. The smallest absolute Gasteiger partial charge is 0.219 e. The fourth-order valence-electron chi connectivity index (χ4n) is 2.93. The number of sulfone groups is 1. The van der Waals surface area contributed by atoms with E-state index in [1.165, 1.54) is 0 Å². The van der Waals surface area contributed by atoms with Crippen LogP contribution in [0.3, 0.4) is 0 Å². The van der Waals surface area contributed by atoms with Gasteiger partial charge in [-0.05, 0) is 42.2 Å². The summed E-state index contributed by atoms with van der Waals surface area (Å²) in [4.78, 5) is 12.0. The normalized spacial score (nSPS) is 13.0. The Bertz CT molecular complexity index is 828. The molecular weight excluding hydrogens is 322 g/mol. The highest BCUT2D eigenvalue weighted by Gasteiger charge is 2.21. The molecule has 1 unspecified atom stereocenters. The molecule has 0 radical (unpaired) electrons. The van der Waals surface area contributed by atoms with E-state index in [0.717, 1.165) is 16.3 Å². The summed E-state index contributed by atoms with van der Waals surface area (Å²) in [5.74, 6) is 0.106. The van der Waals surface area contributed by atoms with E-state index in [0.29, 0.717) is 24.2 Å². The molecule has 5 heteroatoms. The molecule has 0 heterocycles. The lowest BCUT2D eigenvalue weighted by molar-refractivity contribution is -0.121. The number of hydrogen-bond acceptors (Lipinski definition) is 3. The van der Waals surface area contributed by atoms with Crippen molar-refractivity contribution in [1.29, 1.82) is 0 Å². The van der Waals surface area contributed by atoms with Gasteiger partial charge >= 0.3 is 0 Å². The number of nitrogens with one attached hydrogen (secondary N) is 1. The molecular formula is C19H25NO3S. The molecule has 130 valence electrons. The van der Waals surface area contributed by atoms with Gasteiger partial charge in [0.25, 0.3) is 0 Å². The summed E-state index contributed by atoms with van der Waals surface area (Å²) >= 11 is 0. The quantitative estimate of drug-likeness (QED) is 0.834. The number of carbonyl (C=O) groups excluding carboxylic acids is 1. The lowest BCUT2D eigenvalue weighted by Gasteiger charge is -2.18. The lowest BCUT2D eigenvalue weighted by Crippen LogP contribution is -2.33. The minimum Gasteiger partial charge on any atom is -0.353 e. The predicted octanol–water partition coefficient (Wildman–Crippen LogP) is 3.48. The minimum absolute atomic E-state index is 0.0271. The molecule has 0 saturated carbocycles. The van der Waals surface area contributed by atoms with Crippen LogP contribution in [0.1, 0.15) is 39.2 Å². The van der Waals surface area contributed by atoms with Crippen LogP contribution in [-0.4, -0.2) is 26.1 Å². The Hall–Kier alpha value is -1.88. The third-order valence-corrected chi connectivity index (χ3v) is 6.04. The highest BCUT2D eigenvalue weighted by molar-refractivity contribution is 7.91. The summed E-state index contributed by atoms with van der Waals surface area (Å²) in [6.45, 7) is 5.57. The molecule has 4 nitrogen and oxygen atoms in total. The van der Waals surface area contributed by atoms with Crippen LogP contribution < -0.4 is 5.32 Å². The molecule has 0 aliphatic rings. The number of benzene rings is 2. The molecule has 0 saturated heterocycles. The number of rotatable bonds is 7. The van der Waals surface area contributed by atoms with Crippen molar-refractivity contribution in [2.75, 3.05) is 5.75 Å². The molecule has 2 aromatic rings. The van der Waals surface area contributed by atoms with Crippen LogP contribution in [-0.2, 0) is 21.1 Å². The fourth-order valence-corrected chi connectivity index (χ4v) is 4.53. The van der Waals surface area contributed by atoms with Gasteiger partial charge in [-0.3, -0.25) is 4.79 Å². The van der Waals surface area contributed by atoms with E-state index in [1.54, 1.807) is 13.0 Å². The van der Waals surface area contributed by atoms with Gasteiger partial charge in [0, 0.05) is 12.5 Å². The Labute approximate surface area is 144 Å². The molecule has 1 atom stereocenters. The summed E-state index contributed by atoms with van der Waals surface area (Å²) in [7, 11) is -3.32. The van der Waals surface area contributed by atoms with Crippen molar-refractivity contribution in [2.45, 2.75) is 51.0 Å². The van der Waals surface area contributed by atoms with Gasteiger partial charge in [-0.15, -0.1) is 0 Å². The van der Waals surface area contributed by atoms with E-state index in [9.17, 15) is 13.2 Å². The highest BCUT2D eigenvalue weighted by atomic mass is 32.2. The van der Waals surface area contributed by atoms with Gasteiger partial charge in [0.05, 0.1) is 10.6 Å². The predicted molar refractivity (Wildman–Crippen MR) is 97.9 cm³/mol. The zero-order chi connectivity index (χ0) is 17.7. The molecule has 0 aromatic heterocycles. The van der Waals surface area contributed by atoms with Crippen molar-refractivity contribution in [1.82, 2.24) is 5.32 Å². The Morgan fingerprint density at radius 1 is 1.12 bits per heavy atom. The van der Waals surface area contributed by atoms with Crippen LogP contribution in [0, 0.1) is 0 Å². The zero-order valence-electron chi connectivity index (χ0n) is 14.5. The van der Waals surface area contributed by atoms with Crippen LogP contribution in [0.4, 0.5) is 0 Å². The Kier molecular flexibility index (Phi) is 5.99. The van der Waals surface area contributed by atoms with Crippen molar-refractivity contribution >= 4 is 26.5 Å². The van der Waals surface area contributed by atoms with E-state index in [4.69, 9.17) is 0 Å². The summed E-state index contributed by atoms with van der Waals surface area (Å²) < 4.78 is 25.3. The van der Waals surface area contributed by atoms with Crippen molar-refractivity contribution < 1.29 is 13.2 Å². The van der Waals surface area contributed by atoms with Crippen LogP contribution in [0.5, 0.6) is 0 Å². The maximum atomic E-state index is 12.7. The number of fused-ring (bicyclic) bond motifs is 1. The highest BCUT2D eigenvalue weighted by Crippen LogP contribution is 2.28. The first-order chi connectivity index (χ1) is 11.4. The molecule has 0 aliphatic carbocycles. The Morgan fingerprint density at radius 2 is 1.83 bits per heavy atom. The maximum Gasteiger partial charge on any atom is 0.219 e. The standard InChI is InChI=1S/C19H25NO3S/c1-4-12-24(22,23)18-11-10-15-8-6-7-9-16(15)17(18)13-14(3)20-19(21)5-2/h6-11,14H,4-5,12-13H2,1-3H3,(H,20,21). The third-order valence-electron chi connectivity index (χ3n) is 4.04. The average molecular weight is 347 g/mol. The second-order valence-corrected chi connectivity index (χ2v) is 8.19. The van der Waals surface area contributed by atoms with Gasteiger partial charge in [0.1, 0.15) is 0 Å². The Morgan fingerprint density at radius 3 is 2.50 bits per heavy atom. The van der Waals surface area contributed by atoms with Crippen LogP contribution >= 0.6 is 0 Å². The second kappa shape index (κ2) is 7.79. The van der Waals surface area contributed by atoms with E-state index in [-0.39, 0.29) is 17.7 Å². The van der Waals surface area contributed by atoms with Gasteiger partial charge in [-0.1, -0.05) is 44.2 Å². The first kappa shape index (κ1) is 18.5. The number of amides is 1. The van der Waals surface area contributed by atoms with Gasteiger partial charge in [0.2, 0.25) is 5.91 Å². The summed E-state index contributed by atoms with van der Waals surface area (Å²) in [5.41, 5.74) is 0.797. The first-order valence-electron chi connectivity index (χ1n) is 8.41. The van der Waals surface area contributed by atoms with Crippen LogP contribution in [0.25, 0.3) is 10.8 Å². The van der Waals surface area contributed by atoms with Crippen molar-refractivity contribution in [3.8, 4) is 0 Å². The van der Waals surface area contributed by atoms with E-state index in [1.807, 2.05) is 44.2 Å². The second-order valence-electron chi connectivity index (χ2n) is 6.11. The van der Waals surface area contributed by atoms with Gasteiger partial charge in [0.15, 0.2) is 9.84 Å². The molecule has 24 heavy (non-hydrogen) atoms. The van der Waals surface area contributed by atoms with E-state index >= 15 is 0 Å². The zero-order valence-corrected chi connectivity index (χ0v) is 15.3. The summed E-state index contributed by atoms with van der Waals surface area (Å²) in [6, 6.07) is 11.2. The van der Waals surface area contributed by atoms with Crippen molar-refractivity contribution in [3.05, 3.63) is 42.0 Å². The summed E-state index contributed by atoms with van der Waals surface area (Å²) in [6.07, 6.45) is 1.49. The van der Waals surface area contributed by atoms with Crippen LogP contribution in [0.2, 0.25) is 0 Å². The molecule has 0 spiro atoms. The number of hydrogen-bond donors (Lipinski definition) is 1. The molecule has 0 fully saturated rings. The minimum atomic E-state index is -3.32. The topological polar surface area (TPSA) is 63.2 Å². The third kappa shape index (κ3) is 4.15. The van der Waals surface area contributed by atoms with Gasteiger partial charge in [-0.25, -0.2) is 8.42 Å². The lowest BCUT2D eigenvalue weighted by atomic mass is 9.99. The molecule has 1 N–H and O–H groups in total. The fraction of sp³-hybridized carbons (Fsp3) is 0.421. The summed E-state index contributed by atoms with van der Waals surface area (Å²) in [5, 5.41) is 4.87. The van der Waals surface area contributed by atoms with E-state index in [2.05, 4.69) is 5.32 Å². The average Bonchev–Trinajstić information content (AvgIpc) is 2.54. The molecule has 2 aromatic carbocycles. The molecule has 1 amide bonds. The van der Waals surface area contributed by atoms with Crippen molar-refractivity contribution in [2.24, 2.45) is 0 Å². The number of carbonyl (C=O) groups is 1. The van der Waals surface area contributed by atoms with Crippen LogP contribution in [0.15, 0.2) is 41.3 Å². The van der Waals surface area contributed by atoms with Gasteiger partial charge in [-0.2, -0.15) is 0 Å². The molecule has 0 aliphatic heterocycles. The largest absolute Gasteiger partial charge is 0.353 e. The Balaban J connectivity index is 2.52. The van der Waals surface area contributed by atoms with Crippen molar-refractivity contribution in [3.63, 3.8) is 0 Å². The van der Waals surface area contributed by atoms with E-state index < -0.39 is 9.84 Å². The first-order valence-corrected chi connectivity index (χ1v) is 10.1. The van der Waals surface area contributed by atoms with Gasteiger partial charge < -0.3 is 5.32 Å². The SMILES string of the molecule is CCCS(=O)(=O)c1ccc2ccccc2c1CC(C)NC(=O)CC. The monoisotopic (exact) mass is 347 g/mol.